The summed E-state index contributed by atoms with van der Waals surface area (Å²) in [6.45, 7) is 7.29. The minimum atomic E-state index is -0.0591. The van der Waals surface area contributed by atoms with Gasteiger partial charge in [-0.1, -0.05) is 20.8 Å². The maximum absolute atomic E-state index is 12.3. The van der Waals surface area contributed by atoms with Crippen LogP contribution in [-0.4, -0.2) is 37.0 Å². The fraction of sp³-hybridized carbons (Fsp3) is 0.917. The Morgan fingerprint density at radius 1 is 1.11 bits per heavy atom. The summed E-state index contributed by atoms with van der Waals surface area (Å²) in [6.07, 6.45) is 9.99. The third-order valence-corrected chi connectivity index (χ3v) is 10.0. The molecule has 3 unspecified atom stereocenters. The SMILES string of the molecule is COC(=O)C[C@@H](C)[C@H]1CCC2C3CC[C@H]4N(C)C(=O)CC[C@]4(C)C3CC[C@@]21C. The Bertz CT molecular complexity index is 648. The van der Waals surface area contributed by atoms with Crippen molar-refractivity contribution < 1.29 is 14.3 Å². The van der Waals surface area contributed by atoms with Crippen LogP contribution in [0.25, 0.3) is 0 Å². The van der Waals surface area contributed by atoms with Crippen LogP contribution in [0.1, 0.15) is 78.6 Å². The van der Waals surface area contributed by atoms with Gasteiger partial charge in [-0.3, -0.25) is 9.59 Å². The monoisotopic (exact) mass is 389 g/mol. The lowest BCUT2D eigenvalue weighted by Gasteiger charge is -2.62. The molecule has 1 aliphatic heterocycles. The Morgan fingerprint density at radius 3 is 2.54 bits per heavy atom. The van der Waals surface area contributed by atoms with Crippen LogP contribution in [0.4, 0.5) is 0 Å². The highest BCUT2D eigenvalue weighted by molar-refractivity contribution is 5.77. The zero-order valence-corrected chi connectivity index (χ0v) is 18.5. The van der Waals surface area contributed by atoms with Gasteiger partial charge in [-0.2, -0.15) is 0 Å². The van der Waals surface area contributed by atoms with E-state index < -0.39 is 0 Å². The molecule has 1 heterocycles. The van der Waals surface area contributed by atoms with Crippen molar-refractivity contribution >= 4 is 11.9 Å². The summed E-state index contributed by atoms with van der Waals surface area (Å²) in [7, 11) is 3.54. The molecule has 1 saturated heterocycles. The summed E-state index contributed by atoms with van der Waals surface area (Å²) in [6, 6.07) is 0.440. The third-order valence-electron chi connectivity index (χ3n) is 10.0. The Balaban J connectivity index is 1.55. The van der Waals surface area contributed by atoms with E-state index in [0.29, 0.717) is 41.0 Å². The number of amides is 1. The normalized spacial score (nSPS) is 46.4. The number of hydrogen-bond acceptors (Lipinski definition) is 3. The molecule has 4 aliphatic rings. The van der Waals surface area contributed by atoms with E-state index in [1.54, 1.807) is 0 Å². The first-order valence-corrected chi connectivity index (χ1v) is 11.5. The summed E-state index contributed by atoms with van der Waals surface area (Å²) in [5.74, 6) is 3.68. The van der Waals surface area contributed by atoms with Gasteiger partial charge in [-0.05, 0) is 85.4 Å². The number of nitrogens with zero attached hydrogens (tertiary/aromatic N) is 1. The molecular weight excluding hydrogens is 350 g/mol. The van der Waals surface area contributed by atoms with Crippen LogP contribution in [0, 0.1) is 40.4 Å². The molecule has 4 nitrogen and oxygen atoms in total. The zero-order chi connectivity index (χ0) is 20.3. The van der Waals surface area contributed by atoms with Crippen molar-refractivity contribution in [3.8, 4) is 0 Å². The van der Waals surface area contributed by atoms with Crippen molar-refractivity contribution in [3.63, 3.8) is 0 Å². The fourth-order valence-corrected chi connectivity index (χ4v) is 8.61. The second kappa shape index (κ2) is 7.02. The molecular formula is C24H39NO3. The molecule has 0 bridgehead atoms. The number of hydrogen-bond donors (Lipinski definition) is 0. The van der Waals surface area contributed by atoms with E-state index in [9.17, 15) is 9.59 Å². The van der Waals surface area contributed by atoms with Crippen LogP contribution < -0.4 is 0 Å². The van der Waals surface area contributed by atoms with E-state index in [2.05, 4.69) is 25.7 Å². The van der Waals surface area contributed by atoms with Crippen LogP contribution in [0.3, 0.4) is 0 Å². The van der Waals surface area contributed by atoms with Crippen LogP contribution in [0.5, 0.6) is 0 Å². The Hall–Kier alpha value is -1.06. The largest absolute Gasteiger partial charge is 0.469 e. The van der Waals surface area contributed by atoms with Crippen LogP contribution in [-0.2, 0) is 14.3 Å². The molecule has 0 aromatic heterocycles. The lowest BCUT2D eigenvalue weighted by atomic mass is 9.46. The van der Waals surface area contributed by atoms with Crippen molar-refractivity contribution in [2.75, 3.05) is 14.2 Å². The number of carbonyl (C=O) groups is 2. The van der Waals surface area contributed by atoms with Crippen LogP contribution in [0.2, 0.25) is 0 Å². The molecule has 3 aliphatic carbocycles. The second-order valence-corrected chi connectivity index (χ2v) is 11.0. The Kier molecular flexibility index (Phi) is 5.07. The molecule has 0 N–H and O–H groups in total. The third kappa shape index (κ3) is 2.84. The van der Waals surface area contributed by atoms with Crippen LogP contribution in [0.15, 0.2) is 0 Å². The first-order chi connectivity index (χ1) is 13.2. The summed E-state index contributed by atoms with van der Waals surface area (Å²) in [5, 5.41) is 0. The van der Waals surface area contributed by atoms with Crippen molar-refractivity contribution in [2.24, 2.45) is 40.4 Å². The average Bonchev–Trinajstić information content (AvgIpc) is 3.02. The number of methoxy groups -OCH3 is 1. The topological polar surface area (TPSA) is 46.6 Å². The van der Waals surface area contributed by atoms with Crippen molar-refractivity contribution in [3.05, 3.63) is 0 Å². The maximum Gasteiger partial charge on any atom is 0.305 e. The van der Waals surface area contributed by atoms with Gasteiger partial charge in [0.2, 0.25) is 5.91 Å². The first kappa shape index (κ1) is 20.2. The summed E-state index contributed by atoms with van der Waals surface area (Å²) >= 11 is 0. The molecule has 0 spiro atoms. The second-order valence-electron chi connectivity index (χ2n) is 11.0. The Labute approximate surface area is 170 Å². The zero-order valence-electron chi connectivity index (χ0n) is 18.5. The number of esters is 1. The van der Waals surface area contributed by atoms with E-state index in [4.69, 9.17) is 4.74 Å². The van der Waals surface area contributed by atoms with E-state index in [1.165, 1.54) is 45.6 Å². The van der Waals surface area contributed by atoms with Crippen molar-refractivity contribution in [1.82, 2.24) is 4.90 Å². The van der Waals surface area contributed by atoms with Crippen molar-refractivity contribution in [2.45, 2.75) is 84.6 Å². The Morgan fingerprint density at radius 2 is 1.82 bits per heavy atom. The molecule has 0 aromatic rings. The molecule has 158 valence electrons. The van der Waals surface area contributed by atoms with Gasteiger partial charge in [0, 0.05) is 25.9 Å². The molecule has 3 saturated carbocycles. The highest BCUT2D eigenvalue weighted by Crippen LogP contribution is 2.67. The molecule has 8 atom stereocenters. The van der Waals surface area contributed by atoms with Gasteiger partial charge < -0.3 is 9.64 Å². The lowest BCUT2D eigenvalue weighted by Crippen LogP contribution is -2.61. The maximum atomic E-state index is 12.3. The molecule has 4 rings (SSSR count). The van der Waals surface area contributed by atoms with E-state index in [0.717, 1.165) is 30.6 Å². The molecule has 4 fully saturated rings. The molecule has 0 radical (unpaired) electrons. The highest BCUT2D eigenvalue weighted by atomic mass is 16.5. The number of piperidine rings is 1. The van der Waals surface area contributed by atoms with Gasteiger partial charge in [-0.15, -0.1) is 0 Å². The summed E-state index contributed by atoms with van der Waals surface area (Å²) < 4.78 is 4.96. The molecule has 28 heavy (non-hydrogen) atoms. The van der Waals surface area contributed by atoms with E-state index in [-0.39, 0.29) is 5.97 Å². The smallest absolute Gasteiger partial charge is 0.305 e. The minimum absolute atomic E-state index is 0.0591. The number of rotatable bonds is 3. The predicted molar refractivity (Wildman–Crippen MR) is 109 cm³/mol. The van der Waals surface area contributed by atoms with E-state index in [1.807, 2.05) is 7.05 Å². The molecule has 4 heteroatoms. The average molecular weight is 390 g/mol. The van der Waals surface area contributed by atoms with E-state index >= 15 is 0 Å². The van der Waals surface area contributed by atoms with Gasteiger partial charge in [0.25, 0.3) is 0 Å². The van der Waals surface area contributed by atoms with Gasteiger partial charge in [-0.25, -0.2) is 0 Å². The summed E-state index contributed by atoms with van der Waals surface area (Å²) in [4.78, 5) is 26.3. The van der Waals surface area contributed by atoms with Crippen LogP contribution >= 0.6 is 0 Å². The number of carbonyl (C=O) groups excluding carboxylic acids is 2. The number of fused-ring (bicyclic) bond motifs is 5. The quantitative estimate of drug-likeness (QED) is 0.659. The number of ether oxygens (including phenoxy) is 1. The first-order valence-electron chi connectivity index (χ1n) is 11.5. The fourth-order valence-electron chi connectivity index (χ4n) is 8.61. The van der Waals surface area contributed by atoms with Gasteiger partial charge >= 0.3 is 5.97 Å². The highest BCUT2D eigenvalue weighted by Gasteiger charge is 2.61. The minimum Gasteiger partial charge on any atom is -0.469 e. The van der Waals surface area contributed by atoms with Gasteiger partial charge in [0.05, 0.1) is 7.11 Å². The predicted octanol–water partition coefficient (Wildman–Crippen LogP) is 4.67. The van der Waals surface area contributed by atoms with Gasteiger partial charge in [0.1, 0.15) is 0 Å². The lowest BCUT2D eigenvalue weighted by molar-refractivity contribution is -0.159. The number of likely N-dealkylation sites (tertiary alicyclic amines) is 1. The molecule has 0 aromatic carbocycles. The standard InChI is InChI=1S/C24H39NO3/c1-15(14-22(27)28-5)17-7-8-18-16-6-9-20-24(3,13-11-21(26)25(20)4)19(16)10-12-23(17,18)2/h15-20H,6-14H2,1-5H3/t15-,16?,17-,18?,19?,20-,23-,24-/m1/s1. The molecule has 1 amide bonds. The summed E-state index contributed by atoms with van der Waals surface area (Å²) in [5.41, 5.74) is 0.664. The van der Waals surface area contributed by atoms with Gasteiger partial charge in [0.15, 0.2) is 0 Å². The van der Waals surface area contributed by atoms with Crippen molar-refractivity contribution in [1.29, 1.82) is 0 Å².